The molecule has 102 valence electrons. The Bertz CT molecular complexity index is 359. The summed E-state index contributed by atoms with van der Waals surface area (Å²) in [6.45, 7) is 6.45. The van der Waals surface area contributed by atoms with E-state index in [0.29, 0.717) is 25.0 Å². The SMILES string of the molecule is COc1nc(N)nc(NCCCOCC(C)C)n1. The first-order valence-electron chi connectivity index (χ1n) is 5.99. The third kappa shape index (κ3) is 5.62. The summed E-state index contributed by atoms with van der Waals surface area (Å²) >= 11 is 0. The number of aromatic nitrogens is 3. The number of nitrogens with one attached hydrogen (secondary N) is 1. The van der Waals surface area contributed by atoms with Crippen molar-refractivity contribution < 1.29 is 9.47 Å². The number of ether oxygens (including phenoxy) is 2. The zero-order valence-electron chi connectivity index (χ0n) is 11.1. The zero-order chi connectivity index (χ0) is 13.4. The summed E-state index contributed by atoms with van der Waals surface area (Å²) in [6, 6.07) is 0.209. The van der Waals surface area contributed by atoms with Crippen LogP contribution in [0.1, 0.15) is 20.3 Å². The summed E-state index contributed by atoms with van der Waals surface area (Å²) < 4.78 is 10.4. The predicted octanol–water partition coefficient (Wildman–Crippen LogP) is 0.937. The fraction of sp³-hybridized carbons (Fsp3) is 0.727. The van der Waals surface area contributed by atoms with Crippen molar-refractivity contribution >= 4 is 11.9 Å². The van der Waals surface area contributed by atoms with Crippen LogP contribution in [0.4, 0.5) is 11.9 Å². The normalized spacial score (nSPS) is 10.7. The lowest BCUT2D eigenvalue weighted by Crippen LogP contribution is -2.12. The molecule has 1 heterocycles. The summed E-state index contributed by atoms with van der Waals surface area (Å²) in [5, 5.41) is 3.05. The number of nitrogens with two attached hydrogens (primary N) is 1. The van der Waals surface area contributed by atoms with Crippen molar-refractivity contribution in [2.75, 3.05) is 37.9 Å². The van der Waals surface area contributed by atoms with Gasteiger partial charge in [0.15, 0.2) is 0 Å². The zero-order valence-corrected chi connectivity index (χ0v) is 11.1. The van der Waals surface area contributed by atoms with Crippen LogP contribution < -0.4 is 15.8 Å². The minimum Gasteiger partial charge on any atom is -0.467 e. The Kier molecular flexibility index (Phi) is 6.13. The van der Waals surface area contributed by atoms with Crippen molar-refractivity contribution in [3.63, 3.8) is 0 Å². The molecule has 1 aromatic heterocycles. The monoisotopic (exact) mass is 255 g/mol. The van der Waals surface area contributed by atoms with Gasteiger partial charge in [-0.15, -0.1) is 0 Å². The topological polar surface area (TPSA) is 95.2 Å². The van der Waals surface area contributed by atoms with Crippen LogP contribution in [0.3, 0.4) is 0 Å². The Morgan fingerprint density at radius 2 is 2.06 bits per heavy atom. The van der Waals surface area contributed by atoms with E-state index >= 15 is 0 Å². The minimum absolute atomic E-state index is 0.139. The molecule has 1 aromatic rings. The van der Waals surface area contributed by atoms with Gasteiger partial charge in [-0.05, 0) is 12.3 Å². The first-order chi connectivity index (χ1) is 8.61. The Labute approximate surface area is 107 Å². The van der Waals surface area contributed by atoms with Crippen molar-refractivity contribution in [3.8, 4) is 6.01 Å². The van der Waals surface area contributed by atoms with E-state index in [-0.39, 0.29) is 12.0 Å². The van der Waals surface area contributed by atoms with Crippen molar-refractivity contribution in [2.24, 2.45) is 5.92 Å². The van der Waals surface area contributed by atoms with Crippen LogP contribution in [-0.2, 0) is 4.74 Å². The molecule has 0 unspecified atom stereocenters. The van der Waals surface area contributed by atoms with Crippen LogP contribution >= 0.6 is 0 Å². The molecule has 0 saturated carbocycles. The molecule has 0 fully saturated rings. The molecule has 7 nitrogen and oxygen atoms in total. The number of hydrogen-bond donors (Lipinski definition) is 2. The van der Waals surface area contributed by atoms with Gasteiger partial charge in [-0.2, -0.15) is 15.0 Å². The third-order valence-electron chi connectivity index (χ3n) is 2.01. The van der Waals surface area contributed by atoms with Crippen molar-refractivity contribution in [3.05, 3.63) is 0 Å². The molecule has 0 saturated heterocycles. The Hall–Kier alpha value is -1.63. The largest absolute Gasteiger partial charge is 0.467 e. The van der Waals surface area contributed by atoms with Crippen molar-refractivity contribution in [1.29, 1.82) is 0 Å². The highest BCUT2D eigenvalue weighted by molar-refractivity contribution is 5.32. The van der Waals surface area contributed by atoms with Gasteiger partial charge in [-0.1, -0.05) is 13.8 Å². The van der Waals surface area contributed by atoms with E-state index in [1.54, 1.807) is 0 Å². The molecular weight excluding hydrogens is 234 g/mol. The molecule has 0 aromatic carbocycles. The van der Waals surface area contributed by atoms with Crippen LogP contribution in [0.25, 0.3) is 0 Å². The van der Waals surface area contributed by atoms with Gasteiger partial charge in [0.1, 0.15) is 0 Å². The molecule has 7 heteroatoms. The smallest absolute Gasteiger partial charge is 0.322 e. The summed E-state index contributed by atoms with van der Waals surface area (Å²) in [6.07, 6.45) is 0.876. The highest BCUT2D eigenvalue weighted by Gasteiger charge is 2.03. The molecule has 3 N–H and O–H groups in total. The number of methoxy groups -OCH3 is 1. The van der Waals surface area contributed by atoms with Gasteiger partial charge in [0.25, 0.3) is 0 Å². The van der Waals surface area contributed by atoms with Crippen LogP contribution in [0.2, 0.25) is 0 Å². The second kappa shape index (κ2) is 7.65. The second-order valence-corrected chi connectivity index (χ2v) is 4.25. The molecule has 0 aliphatic heterocycles. The first kappa shape index (κ1) is 14.4. The molecule has 0 aliphatic rings. The van der Waals surface area contributed by atoms with Gasteiger partial charge < -0.3 is 20.5 Å². The van der Waals surface area contributed by atoms with Gasteiger partial charge in [0.2, 0.25) is 11.9 Å². The summed E-state index contributed by atoms with van der Waals surface area (Å²) in [7, 11) is 1.48. The highest BCUT2D eigenvalue weighted by atomic mass is 16.5. The fourth-order valence-corrected chi connectivity index (χ4v) is 1.24. The highest BCUT2D eigenvalue weighted by Crippen LogP contribution is 2.07. The van der Waals surface area contributed by atoms with E-state index < -0.39 is 0 Å². The maximum Gasteiger partial charge on any atom is 0.322 e. The molecule has 0 atom stereocenters. The van der Waals surface area contributed by atoms with Crippen LogP contribution in [0.15, 0.2) is 0 Å². The van der Waals surface area contributed by atoms with E-state index in [9.17, 15) is 0 Å². The number of anilines is 2. The standard InChI is InChI=1S/C11H21N5O2/c1-8(2)7-18-6-4-5-13-10-14-9(12)15-11(16-10)17-3/h8H,4-7H2,1-3H3,(H3,12,13,14,15,16). The minimum atomic E-state index is 0.139. The van der Waals surface area contributed by atoms with Gasteiger partial charge in [-0.25, -0.2) is 0 Å². The van der Waals surface area contributed by atoms with Gasteiger partial charge in [0.05, 0.1) is 7.11 Å². The van der Waals surface area contributed by atoms with E-state index in [2.05, 4.69) is 34.1 Å². The van der Waals surface area contributed by atoms with Crippen LogP contribution in [0, 0.1) is 5.92 Å². The molecule has 0 aliphatic carbocycles. The van der Waals surface area contributed by atoms with Gasteiger partial charge in [-0.3, -0.25) is 0 Å². The lowest BCUT2D eigenvalue weighted by atomic mass is 10.2. The summed E-state index contributed by atoms with van der Waals surface area (Å²) in [4.78, 5) is 11.8. The quantitative estimate of drug-likeness (QED) is 0.667. The molecular formula is C11H21N5O2. The van der Waals surface area contributed by atoms with Crippen molar-refractivity contribution in [1.82, 2.24) is 15.0 Å². The Balaban J connectivity index is 2.24. The molecule has 0 bridgehead atoms. The number of nitrogen functional groups attached to an aromatic ring is 1. The number of rotatable bonds is 8. The van der Waals surface area contributed by atoms with E-state index in [1.165, 1.54) is 7.11 Å². The Morgan fingerprint density at radius 3 is 2.72 bits per heavy atom. The maximum absolute atomic E-state index is 5.51. The van der Waals surface area contributed by atoms with E-state index in [1.807, 2.05) is 0 Å². The lowest BCUT2D eigenvalue weighted by Gasteiger charge is -2.08. The first-order valence-corrected chi connectivity index (χ1v) is 5.99. The molecule has 0 spiro atoms. The number of nitrogens with zero attached hydrogens (tertiary/aromatic N) is 3. The van der Waals surface area contributed by atoms with Crippen LogP contribution in [-0.4, -0.2) is 41.8 Å². The fourth-order valence-electron chi connectivity index (χ4n) is 1.24. The van der Waals surface area contributed by atoms with E-state index in [0.717, 1.165) is 13.0 Å². The average molecular weight is 255 g/mol. The maximum atomic E-state index is 5.51. The van der Waals surface area contributed by atoms with Crippen LogP contribution in [0.5, 0.6) is 6.01 Å². The molecule has 18 heavy (non-hydrogen) atoms. The average Bonchev–Trinajstić information content (AvgIpc) is 2.32. The van der Waals surface area contributed by atoms with Gasteiger partial charge in [0, 0.05) is 19.8 Å². The van der Waals surface area contributed by atoms with E-state index in [4.69, 9.17) is 15.2 Å². The molecule has 0 radical (unpaired) electrons. The van der Waals surface area contributed by atoms with Gasteiger partial charge >= 0.3 is 6.01 Å². The Morgan fingerprint density at radius 1 is 1.28 bits per heavy atom. The lowest BCUT2D eigenvalue weighted by molar-refractivity contribution is 0.110. The van der Waals surface area contributed by atoms with Crippen molar-refractivity contribution in [2.45, 2.75) is 20.3 Å². The third-order valence-corrected chi connectivity index (χ3v) is 2.01. The summed E-state index contributed by atoms with van der Waals surface area (Å²) in [5.74, 6) is 1.12. The summed E-state index contributed by atoms with van der Waals surface area (Å²) in [5.41, 5.74) is 5.51. The molecule has 0 amide bonds. The molecule has 1 rings (SSSR count). The second-order valence-electron chi connectivity index (χ2n) is 4.25. The predicted molar refractivity (Wildman–Crippen MR) is 69.6 cm³/mol. The number of hydrogen-bond acceptors (Lipinski definition) is 7.